The van der Waals surface area contributed by atoms with Crippen LogP contribution in [0.4, 0.5) is 11.8 Å². The van der Waals surface area contributed by atoms with Gasteiger partial charge in [-0.1, -0.05) is 42.5 Å². The number of methoxy groups -OCH3 is 1. The van der Waals surface area contributed by atoms with Crippen molar-refractivity contribution in [2.75, 3.05) is 43.2 Å². The summed E-state index contributed by atoms with van der Waals surface area (Å²) in [6.07, 6.45) is 3.44. The lowest BCUT2D eigenvalue weighted by Crippen LogP contribution is -2.42. The van der Waals surface area contributed by atoms with Gasteiger partial charge in [-0.2, -0.15) is 9.97 Å². The molecule has 0 aliphatic carbocycles. The van der Waals surface area contributed by atoms with Gasteiger partial charge in [0, 0.05) is 31.7 Å². The smallest absolute Gasteiger partial charge is 0.230 e. The molecule has 0 N–H and O–H groups in total. The molecule has 5 rings (SSSR count). The normalized spacial score (nSPS) is 20.2. The Bertz CT molecular complexity index is 1090. The van der Waals surface area contributed by atoms with Gasteiger partial charge in [-0.15, -0.1) is 0 Å². The Morgan fingerprint density at radius 1 is 1.00 bits per heavy atom. The summed E-state index contributed by atoms with van der Waals surface area (Å²) in [4.78, 5) is 14.6. The number of anilines is 2. The first-order chi connectivity index (χ1) is 17.2. The molecule has 184 valence electrons. The zero-order chi connectivity index (χ0) is 24.0. The minimum atomic E-state index is 0.170. The number of ether oxygens (including phenoxy) is 3. The Morgan fingerprint density at radius 2 is 1.83 bits per heavy atom. The van der Waals surface area contributed by atoms with Crippen LogP contribution in [-0.4, -0.2) is 55.5 Å². The second-order valence-electron chi connectivity index (χ2n) is 9.31. The van der Waals surface area contributed by atoms with Crippen molar-refractivity contribution >= 4 is 11.8 Å². The zero-order valence-corrected chi connectivity index (χ0v) is 20.6. The van der Waals surface area contributed by atoms with Gasteiger partial charge >= 0.3 is 0 Å². The quantitative estimate of drug-likeness (QED) is 0.476. The Hall–Kier alpha value is -3.32. The fourth-order valence-electron chi connectivity index (χ4n) is 4.87. The summed E-state index contributed by atoms with van der Waals surface area (Å²) in [7, 11) is 1.67. The third-order valence-corrected chi connectivity index (χ3v) is 6.74. The fraction of sp³-hybridized carbons (Fsp3) is 0.429. The summed E-state index contributed by atoms with van der Waals surface area (Å²) in [5.41, 5.74) is 2.41. The van der Waals surface area contributed by atoms with Crippen molar-refractivity contribution in [2.45, 2.75) is 44.9 Å². The van der Waals surface area contributed by atoms with Crippen molar-refractivity contribution in [1.82, 2.24) is 9.97 Å². The van der Waals surface area contributed by atoms with Gasteiger partial charge in [0.15, 0.2) is 0 Å². The van der Waals surface area contributed by atoms with Gasteiger partial charge in [-0.3, -0.25) is 0 Å². The standard InChI is InChI=1S/C28H34N4O3/c1-21-19-31(15-16-34-21)26-18-27(35-20-23-10-12-25(33-2)13-11-23)30-28(29-26)32-14-6-9-24(32)17-22-7-4-3-5-8-22/h3-5,7-8,10-13,18,21,24H,6,9,14-17,19-20H2,1-2H3/t21-,24?/m1/s1. The molecule has 0 amide bonds. The molecule has 2 aromatic carbocycles. The molecule has 7 nitrogen and oxygen atoms in total. The SMILES string of the molecule is COc1ccc(COc2cc(N3CCO[C@H](C)C3)nc(N3CCCC3Cc3ccccc3)n2)cc1. The van der Waals surface area contributed by atoms with Crippen LogP contribution in [0, 0.1) is 0 Å². The van der Waals surface area contributed by atoms with Crippen LogP contribution in [0.15, 0.2) is 60.7 Å². The monoisotopic (exact) mass is 474 g/mol. The number of hydrogen-bond acceptors (Lipinski definition) is 7. The average Bonchev–Trinajstić information content (AvgIpc) is 3.36. The maximum absolute atomic E-state index is 6.20. The molecule has 3 aromatic rings. The Balaban J connectivity index is 1.39. The minimum Gasteiger partial charge on any atom is -0.497 e. The van der Waals surface area contributed by atoms with Crippen molar-refractivity contribution in [1.29, 1.82) is 0 Å². The van der Waals surface area contributed by atoms with E-state index in [9.17, 15) is 0 Å². The lowest BCUT2D eigenvalue weighted by Gasteiger charge is -2.33. The molecule has 2 atom stereocenters. The van der Waals surface area contributed by atoms with Crippen molar-refractivity contribution in [3.8, 4) is 11.6 Å². The highest BCUT2D eigenvalue weighted by Gasteiger charge is 2.29. The first-order valence-corrected chi connectivity index (χ1v) is 12.5. The minimum absolute atomic E-state index is 0.170. The van der Waals surface area contributed by atoms with Crippen LogP contribution >= 0.6 is 0 Å². The molecule has 0 radical (unpaired) electrons. The highest BCUT2D eigenvalue weighted by Crippen LogP contribution is 2.30. The maximum atomic E-state index is 6.20. The summed E-state index contributed by atoms with van der Waals surface area (Å²) < 4.78 is 17.2. The topological polar surface area (TPSA) is 60.0 Å². The highest BCUT2D eigenvalue weighted by molar-refractivity contribution is 5.49. The van der Waals surface area contributed by atoms with Gasteiger partial charge in [0.25, 0.3) is 0 Å². The van der Waals surface area contributed by atoms with Gasteiger partial charge in [0.1, 0.15) is 18.2 Å². The van der Waals surface area contributed by atoms with Gasteiger partial charge in [0.05, 0.1) is 19.8 Å². The molecular formula is C28H34N4O3. The lowest BCUT2D eigenvalue weighted by atomic mass is 10.0. The van der Waals surface area contributed by atoms with Gasteiger partial charge < -0.3 is 24.0 Å². The molecule has 3 heterocycles. The van der Waals surface area contributed by atoms with E-state index in [0.29, 0.717) is 25.1 Å². The first kappa shape index (κ1) is 23.4. The molecule has 0 spiro atoms. The van der Waals surface area contributed by atoms with E-state index in [1.807, 2.05) is 30.3 Å². The summed E-state index contributed by atoms with van der Waals surface area (Å²) >= 11 is 0. The number of nitrogens with zero attached hydrogens (tertiary/aromatic N) is 4. The van der Waals surface area contributed by atoms with Crippen LogP contribution in [-0.2, 0) is 17.8 Å². The van der Waals surface area contributed by atoms with Crippen LogP contribution < -0.4 is 19.3 Å². The second-order valence-corrected chi connectivity index (χ2v) is 9.31. The molecular weight excluding hydrogens is 440 g/mol. The molecule has 2 saturated heterocycles. The molecule has 0 bridgehead atoms. The van der Waals surface area contributed by atoms with E-state index in [-0.39, 0.29) is 6.10 Å². The van der Waals surface area contributed by atoms with Crippen LogP contribution in [0.1, 0.15) is 30.9 Å². The number of morpholine rings is 1. The van der Waals surface area contributed by atoms with E-state index in [0.717, 1.165) is 62.0 Å². The number of benzene rings is 2. The molecule has 2 fully saturated rings. The number of aromatic nitrogens is 2. The van der Waals surface area contributed by atoms with Gasteiger partial charge in [-0.05, 0) is 49.4 Å². The highest BCUT2D eigenvalue weighted by atomic mass is 16.5. The van der Waals surface area contributed by atoms with Crippen LogP contribution in [0.2, 0.25) is 0 Å². The van der Waals surface area contributed by atoms with Crippen LogP contribution in [0.5, 0.6) is 11.6 Å². The third kappa shape index (κ3) is 5.85. The van der Waals surface area contributed by atoms with Crippen molar-refractivity contribution in [2.24, 2.45) is 0 Å². The largest absolute Gasteiger partial charge is 0.497 e. The number of rotatable bonds is 8. The summed E-state index contributed by atoms with van der Waals surface area (Å²) in [5, 5.41) is 0. The molecule has 7 heteroatoms. The molecule has 2 aliphatic heterocycles. The Morgan fingerprint density at radius 3 is 2.60 bits per heavy atom. The molecule has 1 aromatic heterocycles. The summed E-state index contributed by atoms with van der Waals surface area (Å²) in [5.74, 6) is 3.09. The van der Waals surface area contributed by atoms with E-state index >= 15 is 0 Å². The summed E-state index contributed by atoms with van der Waals surface area (Å²) in [6, 6.07) is 21.0. The lowest BCUT2D eigenvalue weighted by molar-refractivity contribution is 0.0529. The molecule has 2 aliphatic rings. The van der Waals surface area contributed by atoms with Gasteiger partial charge in [-0.25, -0.2) is 0 Å². The molecule has 1 unspecified atom stereocenters. The molecule has 0 saturated carbocycles. The fourth-order valence-corrected chi connectivity index (χ4v) is 4.87. The van der Waals surface area contributed by atoms with Crippen molar-refractivity contribution in [3.05, 3.63) is 71.8 Å². The van der Waals surface area contributed by atoms with Crippen molar-refractivity contribution in [3.63, 3.8) is 0 Å². The maximum Gasteiger partial charge on any atom is 0.230 e. The van der Waals surface area contributed by atoms with E-state index in [1.165, 1.54) is 5.56 Å². The Labute approximate surface area is 207 Å². The third-order valence-electron chi connectivity index (χ3n) is 6.74. The number of hydrogen-bond donors (Lipinski definition) is 0. The molecule has 35 heavy (non-hydrogen) atoms. The van der Waals surface area contributed by atoms with Crippen molar-refractivity contribution < 1.29 is 14.2 Å². The van der Waals surface area contributed by atoms with E-state index in [2.05, 4.69) is 47.1 Å². The summed E-state index contributed by atoms with van der Waals surface area (Å²) in [6.45, 7) is 5.81. The zero-order valence-electron chi connectivity index (χ0n) is 20.6. The van der Waals surface area contributed by atoms with Gasteiger partial charge in [0.2, 0.25) is 11.8 Å². The van der Waals surface area contributed by atoms with Crippen LogP contribution in [0.3, 0.4) is 0 Å². The van der Waals surface area contributed by atoms with Crippen LogP contribution in [0.25, 0.3) is 0 Å². The second kappa shape index (κ2) is 11.0. The van der Waals surface area contributed by atoms with E-state index in [1.54, 1.807) is 7.11 Å². The predicted octanol–water partition coefficient (Wildman–Crippen LogP) is 4.50. The Kier molecular flexibility index (Phi) is 7.33. The van der Waals surface area contributed by atoms with E-state index in [4.69, 9.17) is 24.2 Å². The predicted molar refractivity (Wildman–Crippen MR) is 137 cm³/mol. The average molecular weight is 475 g/mol. The van der Waals surface area contributed by atoms with E-state index < -0.39 is 0 Å². The first-order valence-electron chi connectivity index (χ1n) is 12.5.